The van der Waals surface area contributed by atoms with Crippen molar-refractivity contribution in [2.24, 2.45) is 5.84 Å². The number of aromatic nitrogens is 2. The van der Waals surface area contributed by atoms with Gasteiger partial charge in [0.15, 0.2) is 5.82 Å². The van der Waals surface area contributed by atoms with Gasteiger partial charge in [-0.25, -0.2) is 15.8 Å². The standard InChI is InChI=1S/C17H13ClN4OS/c18-13-6-4-12(5-7-13)17-21-15(11-24-17)22(19)16(23)9-8-14-3-1-2-10-20-14/h1-11H,19H2. The van der Waals surface area contributed by atoms with Gasteiger partial charge in [-0.1, -0.05) is 29.8 Å². The van der Waals surface area contributed by atoms with Gasteiger partial charge in [-0.3, -0.25) is 9.78 Å². The first-order valence-electron chi connectivity index (χ1n) is 7.03. The van der Waals surface area contributed by atoms with Crippen LogP contribution in [0.15, 0.2) is 60.1 Å². The predicted molar refractivity (Wildman–Crippen MR) is 97.5 cm³/mol. The van der Waals surface area contributed by atoms with Crippen molar-refractivity contribution in [1.29, 1.82) is 0 Å². The van der Waals surface area contributed by atoms with Crippen molar-refractivity contribution in [3.05, 3.63) is 70.8 Å². The van der Waals surface area contributed by atoms with E-state index < -0.39 is 0 Å². The average Bonchev–Trinajstić information content (AvgIpc) is 3.10. The minimum atomic E-state index is -0.381. The molecule has 1 amide bonds. The number of nitrogens with zero attached hydrogens (tertiary/aromatic N) is 3. The minimum absolute atomic E-state index is 0.381. The van der Waals surface area contributed by atoms with Gasteiger partial charge in [0.1, 0.15) is 5.01 Å². The Balaban J connectivity index is 1.73. The average molecular weight is 357 g/mol. The van der Waals surface area contributed by atoms with E-state index in [2.05, 4.69) is 9.97 Å². The predicted octanol–water partition coefficient (Wildman–Crippen LogP) is 3.78. The number of halogens is 1. The van der Waals surface area contributed by atoms with Gasteiger partial charge in [0.25, 0.3) is 5.91 Å². The Kier molecular flexibility index (Phi) is 5.00. The fraction of sp³-hybridized carbons (Fsp3) is 0. The number of nitrogens with two attached hydrogens (primary N) is 1. The summed E-state index contributed by atoms with van der Waals surface area (Å²) in [6.45, 7) is 0. The highest BCUT2D eigenvalue weighted by molar-refractivity contribution is 7.13. The number of anilines is 1. The molecular weight excluding hydrogens is 344 g/mol. The summed E-state index contributed by atoms with van der Waals surface area (Å²) in [6, 6.07) is 12.8. The molecule has 0 saturated heterocycles. The molecule has 2 aromatic heterocycles. The van der Waals surface area contributed by atoms with Gasteiger partial charge in [0, 0.05) is 28.2 Å². The zero-order chi connectivity index (χ0) is 16.9. The monoisotopic (exact) mass is 356 g/mol. The Hall–Kier alpha value is -2.54. The Morgan fingerprint density at radius 2 is 2.00 bits per heavy atom. The molecule has 5 nitrogen and oxygen atoms in total. The summed E-state index contributed by atoms with van der Waals surface area (Å²) in [7, 11) is 0. The second kappa shape index (κ2) is 7.35. The van der Waals surface area contributed by atoms with Crippen LogP contribution in [0.5, 0.6) is 0 Å². The number of thiazole rings is 1. The first-order valence-corrected chi connectivity index (χ1v) is 8.28. The second-order valence-corrected chi connectivity index (χ2v) is 6.11. The topological polar surface area (TPSA) is 72.1 Å². The maximum Gasteiger partial charge on any atom is 0.266 e. The lowest BCUT2D eigenvalue weighted by atomic mass is 10.2. The number of hydrogen-bond donors (Lipinski definition) is 1. The van der Waals surface area contributed by atoms with Crippen molar-refractivity contribution < 1.29 is 4.79 Å². The van der Waals surface area contributed by atoms with Crippen LogP contribution in [0.25, 0.3) is 16.6 Å². The van der Waals surface area contributed by atoms with Crippen molar-refractivity contribution in [2.45, 2.75) is 0 Å². The molecule has 0 saturated carbocycles. The van der Waals surface area contributed by atoms with Crippen LogP contribution in [0, 0.1) is 0 Å². The number of hydrazine groups is 1. The van der Waals surface area contributed by atoms with E-state index >= 15 is 0 Å². The molecule has 0 radical (unpaired) electrons. The molecule has 2 N–H and O–H groups in total. The molecule has 24 heavy (non-hydrogen) atoms. The number of rotatable bonds is 4. The molecule has 1 aromatic carbocycles. The fourth-order valence-corrected chi connectivity index (χ4v) is 2.85. The van der Waals surface area contributed by atoms with Crippen LogP contribution in [-0.2, 0) is 4.79 Å². The highest BCUT2D eigenvalue weighted by atomic mass is 35.5. The first kappa shape index (κ1) is 16.3. The van der Waals surface area contributed by atoms with Gasteiger partial charge in [-0.2, -0.15) is 0 Å². The highest BCUT2D eigenvalue weighted by Crippen LogP contribution is 2.27. The molecule has 0 aliphatic carbocycles. The molecule has 3 aromatic rings. The van der Waals surface area contributed by atoms with Gasteiger partial charge < -0.3 is 0 Å². The van der Waals surface area contributed by atoms with E-state index in [1.165, 1.54) is 17.4 Å². The van der Waals surface area contributed by atoms with E-state index in [4.69, 9.17) is 17.4 Å². The van der Waals surface area contributed by atoms with Gasteiger partial charge >= 0.3 is 0 Å². The molecule has 0 fully saturated rings. The Labute approximate surface area is 148 Å². The minimum Gasteiger partial charge on any atom is -0.268 e. The molecular formula is C17H13ClN4OS. The van der Waals surface area contributed by atoms with Crippen LogP contribution in [0.2, 0.25) is 5.02 Å². The summed E-state index contributed by atoms with van der Waals surface area (Å²) in [5.74, 6) is 5.86. The smallest absolute Gasteiger partial charge is 0.266 e. The third kappa shape index (κ3) is 3.86. The zero-order valence-corrected chi connectivity index (χ0v) is 14.0. The van der Waals surface area contributed by atoms with Crippen molar-refractivity contribution in [2.75, 3.05) is 5.01 Å². The number of benzene rings is 1. The molecule has 2 heterocycles. The molecule has 0 aliphatic heterocycles. The summed E-state index contributed by atoms with van der Waals surface area (Å²) < 4.78 is 0. The third-order valence-corrected chi connectivity index (χ3v) is 4.28. The quantitative estimate of drug-likeness (QED) is 0.334. The Morgan fingerprint density at radius 3 is 2.71 bits per heavy atom. The van der Waals surface area contributed by atoms with Crippen LogP contribution in [-0.4, -0.2) is 15.9 Å². The number of carbonyl (C=O) groups is 1. The number of pyridine rings is 1. The van der Waals surface area contributed by atoms with E-state index in [0.29, 0.717) is 16.5 Å². The highest BCUT2D eigenvalue weighted by Gasteiger charge is 2.13. The molecule has 0 bridgehead atoms. The van der Waals surface area contributed by atoms with E-state index in [-0.39, 0.29) is 5.91 Å². The van der Waals surface area contributed by atoms with Crippen LogP contribution in [0.1, 0.15) is 5.69 Å². The number of amides is 1. The molecule has 7 heteroatoms. The van der Waals surface area contributed by atoms with E-state index in [1.807, 2.05) is 24.3 Å². The van der Waals surface area contributed by atoms with E-state index in [1.54, 1.807) is 35.9 Å². The zero-order valence-electron chi connectivity index (χ0n) is 12.5. The van der Waals surface area contributed by atoms with Crippen LogP contribution in [0.3, 0.4) is 0 Å². The van der Waals surface area contributed by atoms with Gasteiger partial charge in [-0.05, 0) is 30.3 Å². The lowest BCUT2D eigenvalue weighted by molar-refractivity contribution is -0.114. The first-order chi connectivity index (χ1) is 11.6. The van der Waals surface area contributed by atoms with Crippen LogP contribution >= 0.6 is 22.9 Å². The van der Waals surface area contributed by atoms with Crippen molar-refractivity contribution >= 4 is 40.7 Å². The third-order valence-electron chi connectivity index (χ3n) is 3.15. The maximum absolute atomic E-state index is 12.1. The normalized spacial score (nSPS) is 10.9. The van der Waals surface area contributed by atoms with Crippen LogP contribution < -0.4 is 10.9 Å². The summed E-state index contributed by atoms with van der Waals surface area (Å²) >= 11 is 7.28. The fourth-order valence-electron chi connectivity index (χ4n) is 1.93. The number of carbonyl (C=O) groups excluding carboxylic acids is 1. The second-order valence-electron chi connectivity index (χ2n) is 4.81. The molecule has 0 unspecified atom stereocenters. The molecule has 0 spiro atoms. The largest absolute Gasteiger partial charge is 0.268 e. The lowest BCUT2D eigenvalue weighted by Crippen LogP contribution is -2.36. The van der Waals surface area contributed by atoms with Crippen molar-refractivity contribution in [3.8, 4) is 10.6 Å². The van der Waals surface area contributed by atoms with Gasteiger partial charge in [-0.15, -0.1) is 11.3 Å². The number of hydrogen-bond acceptors (Lipinski definition) is 5. The van der Waals surface area contributed by atoms with Gasteiger partial charge in [0.05, 0.1) is 5.69 Å². The lowest BCUT2D eigenvalue weighted by Gasteiger charge is -2.10. The molecule has 120 valence electrons. The SMILES string of the molecule is NN(C(=O)C=Cc1ccccn1)c1csc(-c2ccc(Cl)cc2)n1. The summed E-state index contributed by atoms with van der Waals surface area (Å²) in [5.41, 5.74) is 1.60. The summed E-state index contributed by atoms with van der Waals surface area (Å²) in [4.78, 5) is 20.6. The molecule has 0 atom stereocenters. The van der Waals surface area contributed by atoms with E-state index in [9.17, 15) is 4.79 Å². The maximum atomic E-state index is 12.1. The summed E-state index contributed by atoms with van der Waals surface area (Å²) in [6.07, 6.45) is 4.63. The van der Waals surface area contributed by atoms with Crippen molar-refractivity contribution in [3.63, 3.8) is 0 Å². The van der Waals surface area contributed by atoms with Crippen LogP contribution in [0.4, 0.5) is 5.82 Å². The van der Waals surface area contributed by atoms with Crippen molar-refractivity contribution in [1.82, 2.24) is 9.97 Å². The van der Waals surface area contributed by atoms with E-state index in [0.717, 1.165) is 15.6 Å². The Bertz CT molecular complexity index is 862. The van der Waals surface area contributed by atoms with Gasteiger partial charge in [0.2, 0.25) is 0 Å². The summed E-state index contributed by atoms with van der Waals surface area (Å²) in [5, 5.41) is 4.16. The molecule has 3 rings (SSSR count). The molecule has 0 aliphatic rings. The Morgan fingerprint density at radius 1 is 1.21 bits per heavy atom.